The average molecular weight is 495 g/mol. The fraction of sp³-hybridized carbons (Fsp3) is 0.185. The zero-order chi connectivity index (χ0) is 24.4. The van der Waals surface area contributed by atoms with Gasteiger partial charge in [-0.25, -0.2) is 4.98 Å². The largest absolute Gasteiger partial charge is 0.495 e. The van der Waals surface area contributed by atoms with Crippen LogP contribution < -0.4 is 10.1 Å². The third-order valence-corrected chi connectivity index (χ3v) is 5.98. The molecule has 0 aliphatic heterocycles. The van der Waals surface area contributed by atoms with Crippen LogP contribution in [0.3, 0.4) is 0 Å². The summed E-state index contributed by atoms with van der Waals surface area (Å²) in [5, 5.41) is 3.74. The number of aromatic nitrogens is 1. The molecule has 4 rings (SSSR count). The van der Waals surface area contributed by atoms with E-state index in [2.05, 4.69) is 30.2 Å². The van der Waals surface area contributed by atoms with E-state index in [1.165, 1.54) is 18.7 Å². The van der Waals surface area contributed by atoms with Crippen LogP contribution in [0.4, 0.5) is 5.69 Å². The first-order valence-corrected chi connectivity index (χ1v) is 11.5. The maximum Gasteiger partial charge on any atom is 0.248 e. The molecule has 0 fully saturated rings. The monoisotopic (exact) mass is 494 g/mol. The number of aryl methyl sites for hydroxylation is 1. The first kappa shape index (κ1) is 23.9. The molecule has 34 heavy (non-hydrogen) atoms. The second-order valence-corrected chi connectivity index (χ2v) is 9.11. The number of carbonyl (C=O) groups excluding carboxylic acids is 1. The molecule has 0 atom stereocenters. The van der Waals surface area contributed by atoms with Crippen LogP contribution in [-0.4, -0.2) is 18.0 Å². The number of anilines is 1. The van der Waals surface area contributed by atoms with Gasteiger partial charge in [-0.05, 0) is 66.4 Å². The molecule has 0 saturated carbocycles. The normalized spacial score (nSPS) is 11.5. The molecule has 0 saturated heterocycles. The van der Waals surface area contributed by atoms with Gasteiger partial charge in [0.05, 0.1) is 12.1 Å². The fourth-order valence-corrected chi connectivity index (χ4v) is 4.16. The summed E-state index contributed by atoms with van der Waals surface area (Å²) in [4.78, 5) is 17.3. The minimum atomic E-state index is -0.308. The smallest absolute Gasteiger partial charge is 0.248 e. The Labute approximate surface area is 208 Å². The Hall–Kier alpha value is -3.28. The molecule has 1 amide bonds. The highest BCUT2D eigenvalue weighted by atomic mass is 35.5. The minimum absolute atomic E-state index is 0.308. The number of methoxy groups -OCH3 is 1. The highest BCUT2D eigenvalue weighted by molar-refractivity contribution is 6.36. The van der Waals surface area contributed by atoms with Crippen molar-refractivity contribution in [3.8, 4) is 17.2 Å². The third kappa shape index (κ3) is 5.11. The summed E-state index contributed by atoms with van der Waals surface area (Å²) in [5.74, 6) is 1.05. The van der Waals surface area contributed by atoms with Crippen molar-refractivity contribution in [3.05, 3.63) is 81.3 Å². The van der Waals surface area contributed by atoms with Crippen molar-refractivity contribution in [3.63, 3.8) is 0 Å². The molecule has 0 radical (unpaired) electrons. The van der Waals surface area contributed by atoms with Gasteiger partial charge in [-0.15, -0.1) is 0 Å². The van der Waals surface area contributed by atoms with Crippen molar-refractivity contribution in [2.24, 2.45) is 0 Å². The Morgan fingerprint density at radius 1 is 1.12 bits per heavy atom. The molecule has 0 unspecified atom stereocenters. The van der Waals surface area contributed by atoms with E-state index in [0.29, 0.717) is 38.9 Å². The van der Waals surface area contributed by atoms with Crippen molar-refractivity contribution < 1.29 is 13.9 Å². The number of oxazole rings is 1. The highest BCUT2D eigenvalue weighted by Gasteiger charge is 2.13. The number of ether oxygens (including phenoxy) is 1. The molecule has 3 aromatic carbocycles. The number of hydrogen-bond donors (Lipinski definition) is 1. The van der Waals surface area contributed by atoms with Crippen molar-refractivity contribution in [2.75, 3.05) is 12.4 Å². The van der Waals surface area contributed by atoms with Crippen LogP contribution in [0.5, 0.6) is 5.75 Å². The Morgan fingerprint density at radius 2 is 1.91 bits per heavy atom. The maximum absolute atomic E-state index is 12.7. The molecule has 0 bridgehead atoms. The second-order valence-electron chi connectivity index (χ2n) is 8.26. The summed E-state index contributed by atoms with van der Waals surface area (Å²) in [6.07, 6.45) is 3.02. The molecule has 0 aliphatic carbocycles. The Kier molecular flexibility index (Phi) is 6.96. The first-order chi connectivity index (χ1) is 16.2. The van der Waals surface area contributed by atoms with E-state index in [1.54, 1.807) is 18.2 Å². The van der Waals surface area contributed by atoms with Crippen LogP contribution >= 0.6 is 23.2 Å². The number of benzene rings is 3. The highest BCUT2D eigenvalue weighted by Crippen LogP contribution is 2.33. The van der Waals surface area contributed by atoms with Gasteiger partial charge >= 0.3 is 0 Å². The van der Waals surface area contributed by atoms with E-state index in [-0.39, 0.29) is 5.91 Å². The predicted molar refractivity (Wildman–Crippen MR) is 139 cm³/mol. The maximum atomic E-state index is 12.7. The van der Waals surface area contributed by atoms with E-state index in [0.717, 1.165) is 22.2 Å². The van der Waals surface area contributed by atoms with E-state index in [4.69, 9.17) is 32.4 Å². The van der Waals surface area contributed by atoms with Crippen molar-refractivity contribution >= 4 is 52.0 Å². The van der Waals surface area contributed by atoms with Crippen molar-refractivity contribution in [1.29, 1.82) is 0 Å². The van der Waals surface area contributed by atoms with Crippen molar-refractivity contribution in [1.82, 2.24) is 4.98 Å². The third-order valence-electron chi connectivity index (χ3n) is 5.48. The number of halogens is 2. The van der Waals surface area contributed by atoms with E-state index in [9.17, 15) is 4.79 Å². The van der Waals surface area contributed by atoms with E-state index < -0.39 is 0 Å². The number of nitrogens with zero attached hydrogens (tertiary/aromatic N) is 1. The Morgan fingerprint density at radius 3 is 2.65 bits per heavy atom. The molecule has 7 heteroatoms. The minimum Gasteiger partial charge on any atom is -0.495 e. The second kappa shape index (κ2) is 9.92. The lowest BCUT2D eigenvalue weighted by Gasteiger charge is -2.09. The lowest BCUT2D eigenvalue weighted by molar-refractivity contribution is -0.111. The molecule has 0 aliphatic rings. The predicted octanol–water partition coefficient (Wildman–Crippen LogP) is 7.89. The number of hydrogen-bond acceptors (Lipinski definition) is 4. The summed E-state index contributed by atoms with van der Waals surface area (Å²) in [6, 6.07) is 15.0. The molecule has 4 aromatic rings. The Bertz CT molecular complexity index is 1410. The van der Waals surface area contributed by atoms with Gasteiger partial charge in [0.2, 0.25) is 11.8 Å². The lowest BCUT2D eigenvalue weighted by Crippen LogP contribution is -2.09. The number of nitrogens with one attached hydrogen (secondary N) is 1. The summed E-state index contributed by atoms with van der Waals surface area (Å²) in [7, 11) is 1.51. The standard InChI is InChI=1S/C27H24Cl2N2O3/c1-15(2)17-7-9-24-23(12-17)31-27(34-24)19-6-5-16(3)22(13-19)30-25(32)10-8-18-11-20(28)14-21(29)26(18)33-4/h5-15H,1-4H3,(H,30,32). The van der Waals surface area contributed by atoms with Crippen LogP contribution in [0, 0.1) is 6.92 Å². The summed E-state index contributed by atoms with van der Waals surface area (Å²) in [6.45, 7) is 6.20. The van der Waals surface area contributed by atoms with Crippen LogP contribution in [0.2, 0.25) is 10.0 Å². The topological polar surface area (TPSA) is 64.4 Å². The number of fused-ring (bicyclic) bond motifs is 1. The average Bonchev–Trinajstić information content (AvgIpc) is 3.22. The summed E-state index contributed by atoms with van der Waals surface area (Å²) in [5.41, 5.74) is 5.68. The van der Waals surface area contributed by atoms with Crippen LogP contribution in [-0.2, 0) is 4.79 Å². The van der Waals surface area contributed by atoms with Gasteiger partial charge in [0, 0.05) is 27.9 Å². The molecule has 1 N–H and O–H groups in total. The molecule has 1 heterocycles. The van der Waals surface area contributed by atoms with Crippen molar-refractivity contribution in [2.45, 2.75) is 26.7 Å². The molecule has 0 spiro atoms. The summed E-state index contributed by atoms with van der Waals surface area (Å²) >= 11 is 12.3. The van der Waals surface area contributed by atoms with Gasteiger partial charge in [-0.2, -0.15) is 0 Å². The van der Waals surface area contributed by atoms with E-state index >= 15 is 0 Å². The van der Waals surface area contributed by atoms with Crippen LogP contribution in [0.25, 0.3) is 28.6 Å². The fourth-order valence-electron chi connectivity index (χ4n) is 3.58. The van der Waals surface area contributed by atoms with Gasteiger partial charge in [0.1, 0.15) is 11.3 Å². The van der Waals surface area contributed by atoms with Gasteiger partial charge in [0.25, 0.3) is 0 Å². The van der Waals surface area contributed by atoms with Gasteiger partial charge in [0.15, 0.2) is 5.58 Å². The molecular weight excluding hydrogens is 471 g/mol. The van der Waals surface area contributed by atoms with Gasteiger partial charge < -0.3 is 14.5 Å². The number of amides is 1. The summed E-state index contributed by atoms with van der Waals surface area (Å²) < 4.78 is 11.3. The first-order valence-electron chi connectivity index (χ1n) is 10.8. The zero-order valence-corrected chi connectivity index (χ0v) is 20.8. The number of carbonyl (C=O) groups is 1. The van der Waals surface area contributed by atoms with Gasteiger partial charge in [-0.1, -0.05) is 49.2 Å². The number of rotatable bonds is 6. The SMILES string of the molecule is COc1c(Cl)cc(Cl)cc1C=CC(=O)Nc1cc(-c2nc3cc(C(C)C)ccc3o2)ccc1C. The zero-order valence-electron chi connectivity index (χ0n) is 19.3. The van der Waals surface area contributed by atoms with Crippen LogP contribution in [0.1, 0.15) is 36.5 Å². The quantitative estimate of drug-likeness (QED) is 0.276. The van der Waals surface area contributed by atoms with Crippen LogP contribution in [0.15, 0.2) is 59.0 Å². The van der Waals surface area contributed by atoms with Gasteiger partial charge in [-0.3, -0.25) is 4.79 Å². The molecular formula is C27H24Cl2N2O3. The van der Waals surface area contributed by atoms with E-state index in [1.807, 2.05) is 37.3 Å². The molecule has 5 nitrogen and oxygen atoms in total. The lowest BCUT2D eigenvalue weighted by atomic mass is 10.0. The molecule has 1 aromatic heterocycles. The Balaban J connectivity index is 1.58. The molecule has 174 valence electrons.